The largest absolute Gasteiger partial charge is 0.618 e. The number of hydrogen-bond donors (Lipinski definition) is 0. The van der Waals surface area contributed by atoms with Gasteiger partial charge in [0.15, 0.2) is 12.4 Å². The number of hydrogen-bond acceptors (Lipinski definition) is 7. The van der Waals surface area contributed by atoms with Gasteiger partial charge in [0.25, 0.3) is 21.2 Å². The van der Waals surface area contributed by atoms with E-state index < -0.39 is 0 Å². The Labute approximate surface area is 259 Å². The molecular weight excluding hydrogens is 623 g/mol. The molecule has 0 unspecified atom stereocenters. The van der Waals surface area contributed by atoms with Crippen molar-refractivity contribution in [3.05, 3.63) is 77.8 Å². The first-order valence-electron chi connectivity index (χ1n) is 13.8. The van der Waals surface area contributed by atoms with Gasteiger partial charge in [-0.05, 0) is 37.8 Å². The minimum Gasteiger partial charge on any atom is -0.618 e. The Morgan fingerprint density at radius 2 is 1.10 bits per heavy atom. The summed E-state index contributed by atoms with van der Waals surface area (Å²) in [6, 6.07) is 6.86. The van der Waals surface area contributed by atoms with Crippen LogP contribution in [0.2, 0.25) is 10.0 Å². The second-order valence-corrected chi connectivity index (χ2v) is 14.2. The molecule has 4 aromatic heterocycles. The lowest BCUT2D eigenvalue weighted by molar-refractivity contribution is -0.651. The smallest absolute Gasteiger partial charge is 0.280 e. The van der Waals surface area contributed by atoms with E-state index in [0.29, 0.717) is 30.3 Å². The summed E-state index contributed by atoms with van der Waals surface area (Å²) in [7, 11) is 0. The molecule has 2 fully saturated rings. The van der Waals surface area contributed by atoms with Crippen LogP contribution in [0.15, 0.2) is 56.3 Å². The molecule has 4 heterocycles. The molecule has 2 saturated carbocycles. The summed E-state index contributed by atoms with van der Waals surface area (Å²) in [5.41, 5.74) is 0.442. The molecule has 0 amide bonds. The van der Waals surface area contributed by atoms with Gasteiger partial charge in [-0.2, -0.15) is 9.46 Å². The number of halogens is 2. The van der Waals surface area contributed by atoms with E-state index in [2.05, 4.69) is 0 Å². The van der Waals surface area contributed by atoms with E-state index in [4.69, 9.17) is 23.2 Å². The molecule has 2 aliphatic rings. The molecule has 2 aliphatic carbocycles. The zero-order valence-corrected chi connectivity index (χ0v) is 26.1. The Morgan fingerprint density at radius 3 is 1.49 bits per heavy atom. The third kappa shape index (κ3) is 5.47. The lowest BCUT2D eigenvalue weighted by atomic mass is 9.96. The second-order valence-electron chi connectivity index (χ2n) is 10.5. The molecule has 0 N–H and O–H groups in total. The fourth-order valence-corrected chi connectivity index (χ4v) is 9.97. The highest BCUT2D eigenvalue weighted by atomic mass is 35.5. The van der Waals surface area contributed by atoms with Gasteiger partial charge in [0.2, 0.25) is 0 Å². The van der Waals surface area contributed by atoms with Gasteiger partial charge >= 0.3 is 0 Å². The highest BCUT2D eigenvalue weighted by molar-refractivity contribution is 7.99. The third-order valence-electron chi connectivity index (χ3n) is 7.88. The predicted octanol–water partition coefficient (Wildman–Crippen LogP) is 7.20. The van der Waals surface area contributed by atoms with E-state index >= 15 is 0 Å². The van der Waals surface area contributed by atoms with Gasteiger partial charge in [-0.1, -0.05) is 84.8 Å². The fraction of sp³-hybridized carbons (Fsp3) is 0.429. The topological polar surface area (TPSA) is 97.9 Å². The molecule has 0 aromatic carbocycles. The van der Waals surface area contributed by atoms with Crippen LogP contribution in [0.3, 0.4) is 0 Å². The van der Waals surface area contributed by atoms with Crippen molar-refractivity contribution in [2.24, 2.45) is 0 Å². The second kappa shape index (κ2) is 12.1. The molecule has 41 heavy (non-hydrogen) atoms. The first-order valence-corrected chi connectivity index (χ1v) is 16.9. The third-order valence-corrected chi connectivity index (χ3v) is 12.5. The zero-order valence-electron chi connectivity index (χ0n) is 22.1. The number of aromatic nitrogens is 4. The molecule has 0 atom stereocenters. The highest BCUT2D eigenvalue weighted by Gasteiger charge is 2.31. The Morgan fingerprint density at radius 1 is 0.707 bits per heavy atom. The van der Waals surface area contributed by atoms with Crippen molar-refractivity contribution < 1.29 is 9.46 Å². The van der Waals surface area contributed by atoms with Gasteiger partial charge in [-0.15, -0.1) is 0 Å². The van der Waals surface area contributed by atoms with Crippen LogP contribution in [0.5, 0.6) is 0 Å². The van der Waals surface area contributed by atoms with Crippen LogP contribution in [0, 0.1) is 10.4 Å². The standard InChI is InChI=1S/C28H28Cl2N4O4S3/c29-21-23(40-33(25(21)35)17-9-3-1-4-10-17)19-13-7-15-31(37)27(19)39-28-20(14-8-16-32(28)38)24-22(30)26(36)34(41-24)18-11-5-2-6-12-18/h7-8,13-18H,1-6,9-12H2. The maximum Gasteiger partial charge on any atom is 0.280 e. The Hall–Kier alpha value is -2.31. The van der Waals surface area contributed by atoms with Crippen LogP contribution >= 0.6 is 58.0 Å². The average molecular weight is 652 g/mol. The molecular formula is C28H28Cl2N4O4S3. The molecule has 0 spiro atoms. The van der Waals surface area contributed by atoms with Crippen LogP contribution in [0.25, 0.3) is 20.9 Å². The maximum atomic E-state index is 13.2. The highest BCUT2D eigenvalue weighted by Crippen LogP contribution is 2.43. The van der Waals surface area contributed by atoms with Crippen LogP contribution in [-0.2, 0) is 0 Å². The summed E-state index contributed by atoms with van der Waals surface area (Å²) in [4.78, 5) is 27.3. The molecule has 216 valence electrons. The molecule has 0 bridgehead atoms. The van der Waals surface area contributed by atoms with E-state index in [1.165, 1.54) is 35.5 Å². The van der Waals surface area contributed by atoms with Crippen molar-refractivity contribution in [3.63, 3.8) is 0 Å². The number of rotatable bonds is 6. The summed E-state index contributed by atoms with van der Waals surface area (Å²) >= 11 is 16.7. The lowest BCUT2D eigenvalue weighted by Crippen LogP contribution is -2.32. The normalized spacial score (nSPS) is 16.8. The van der Waals surface area contributed by atoms with E-state index in [0.717, 1.165) is 76.0 Å². The first kappa shape index (κ1) is 28.8. The molecule has 0 radical (unpaired) electrons. The molecule has 4 aromatic rings. The van der Waals surface area contributed by atoms with Crippen LogP contribution in [0.1, 0.15) is 76.3 Å². The summed E-state index contributed by atoms with van der Waals surface area (Å²) in [6.45, 7) is 0. The molecule has 0 saturated heterocycles. The minimum atomic E-state index is -0.254. The van der Waals surface area contributed by atoms with Crippen molar-refractivity contribution in [2.45, 2.75) is 86.3 Å². The van der Waals surface area contributed by atoms with Crippen molar-refractivity contribution in [2.75, 3.05) is 0 Å². The quantitative estimate of drug-likeness (QED) is 0.162. The Bertz CT molecular complexity index is 1580. The zero-order chi connectivity index (χ0) is 28.7. The van der Waals surface area contributed by atoms with Crippen molar-refractivity contribution in [1.82, 2.24) is 7.91 Å². The molecule has 6 rings (SSSR count). The van der Waals surface area contributed by atoms with E-state index in [1.807, 2.05) is 0 Å². The fourth-order valence-electron chi connectivity index (χ4n) is 5.78. The van der Waals surface area contributed by atoms with Gasteiger partial charge in [0.05, 0.1) is 32.6 Å². The van der Waals surface area contributed by atoms with E-state index in [9.17, 15) is 20.0 Å². The molecule has 13 heteroatoms. The lowest BCUT2D eigenvalue weighted by Gasteiger charge is -2.21. The van der Waals surface area contributed by atoms with Gasteiger partial charge in [-0.25, -0.2) is 0 Å². The number of pyridine rings is 2. The van der Waals surface area contributed by atoms with Gasteiger partial charge in [0, 0.05) is 24.2 Å². The molecule has 8 nitrogen and oxygen atoms in total. The van der Waals surface area contributed by atoms with Crippen LogP contribution < -0.4 is 20.6 Å². The summed E-state index contributed by atoms with van der Waals surface area (Å²) in [5.74, 6) is 0. The molecule has 0 aliphatic heterocycles. The monoisotopic (exact) mass is 650 g/mol. The van der Waals surface area contributed by atoms with E-state index in [-0.39, 0.29) is 43.3 Å². The Balaban J connectivity index is 1.43. The average Bonchev–Trinajstić information content (AvgIpc) is 3.46. The van der Waals surface area contributed by atoms with Gasteiger partial charge in [-0.3, -0.25) is 17.5 Å². The maximum absolute atomic E-state index is 13.2. The first-order chi connectivity index (χ1) is 19.8. The van der Waals surface area contributed by atoms with Crippen molar-refractivity contribution in [1.29, 1.82) is 0 Å². The van der Waals surface area contributed by atoms with Crippen molar-refractivity contribution >= 4 is 58.0 Å². The SMILES string of the molecule is O=c1c(Cl)c(-c2ccc[n+]([O-])c2Sc2c(-c3sn(C4CCCCC4)c(=O)c3Cl)ccc[n+]2[O-])sn1C1CCCCC1. The summed E-state index contributed by atoms with van der Waals surface area (Å²) in [5, 5.41) is 27.0. The van der Waals surface area contributed by atoms with Crippen LogP contribution in [-0.4, -0.2) is 7.91 Å². The van der Waals surface area contributed by atoms with Gasteiger partial charge in [0.1, 0.15) is 10.0 Å². The number of nitrogens with zero attached hydrogens (tertiary/aromatic N) is 4. The summed E-state index contributed by atoms with van der Waals surface area (Å²) in [6.07, 6.45) is 12.9. The van der Waals surface area contributed by atoms with Gasteiger partial charge < -0.3 is 10.4 Å². The predicted molar refractivity (Wildman–Crippen MR) is 164 cm³/mol. The van der Waals surface area contributed by atoms with Crippen molar-refractivity contribution in [3.8, 4) is 20.9 Å². The minimum absolute atomic E-state index is 0.0720. The van der Waals surface area contributed by atoms with Crippen LogP contribution in [0.4, 0.5) is 0 Å². The Kier molecular flexibility index (Phi) is 8.51. The summed E-state index contributed by atoms with van der Waals surface area (Å²) < 4.78 is 4.83. The van der Waals surface area contributed by atoms with E-state index in [1.54, 1.807) is 32.2 Å².